The summed E-state index contributed by atoms with van der Waals surface area (Å²) in [7, 11) is 0. The summed E-state index contributed by atoms with van der Waals surface area (Å²) in [5.74, 6) is -0.0241. The zero-order chi connectivity index (χ0) is 14.8. The van der Waals surface area contributed by atoms with E-state index in [-0.39, 0.29) is 6.61 Å². The number of aliphatic carboxylic acids is 1. The maximum absolute atomic E-state index is 12.2. The van der Waals surface area contributed by atoms with E-state index < -0.39 is 18.1 Å². The van der Waals surface area contributed by atoms with Crippen molar-refractivity contribution in [3.63, 3.8) is 0 Å². The van der Waals surface area contributed by atoms with Crippen molar-refractivity contribution in [2.45, 2.75) is 31.9 Å². The Kier molecular flexibility index (Phi) is 3.82. The molecule has 1 N–H and O–H groups in total. The van der Waals surface area contributed by atoms with Gasteiger partial charge in [-0.15, -0.1) is 0 Å². The third-order valence-electron chi connectivity index (χ3n) is 4.35. The van der Waals surface area contributed by atoms with Gasteiger partial charge in [-0.3, -0.25) is 4.90 Å². The molecule has 5 nitrogen and oxygen atoms in total. The molecule has 1 heterocycles. The van der Waals surface area contributed by atoms with Crippen LogP contribution in [0.25, 0.3) is 0 Å². The SMILES string of the molecule is O=C(O)[C@@H]1CC(C2CC2)CN1C(=O)OCc1ccccc1. The van der Waals surface area contributed by atoms with Gasteiger partial charge < -0.3 is 9.84 Å². The molecular weight excluding hydrogens is 270 g/mol. The van der Waals surface area contributed by atoms with Gasteiger partial charge in [-0.1, -0.05) is 30.3 Å². The van der Waals surface area contributed by atoms with Gasteiger partial charge in [-0.25, -0.2) is 9.59 Å². The number of carboxylic acids is 1. The van der Waals surface area contributed by atoms with Crippen molar-refractivity contribution in [3.8, 4) is 0 Å². The molecule has 1 aromatic carbocycles. The lowest BCUT2D eigenvalue weighted by molar-refractivity contribution is -0.141. The van der Waals surface area contributed by atoms with Gasteiger partial charge >= 0.3 is 12.1 Å². The molecule has 1 saturated carbocycles. The predicted octanol–water partition coefficient (Wildman–Crippen LogP) is 2.51. The fourth-order valence-electron chi connectivity index (χ4n) is 3.02. The number of carbonyl (C=O) groups excluding carboxylic acids is 1. The molecule has 2 fully saturated rings. The van der Waals surface area contributed by atoms with Crippen molar-refractivity contribution in [3.05, 3.63) is 35.9 Å². The third-order valence-corrected chi connectivity index (χ3v) is 4.35. The van der Waals surface area contributed by atoms with Crippen LogP contribution in [-0.2, 0) is 16.1 Å². The number of likely N-dealkylation sites (tertiary alicyclic amines) is 1. The standard InChI is InChI=1S/C16H19NO4/c18-15(19)14-8-13(12-6-7-12)9-17(14)16(20)21-10-11-4-2-1-3-5-11/h1-5,12-14H,6-10H2,(H,18,19)/t13?,14-/m0/s1. The molecule has 0 spiro atoms. The molecule has 1 aliphatic carbocycles. The Morgan fingerprint density at radius 3 is 2.52 bits per heavy atom. The van der Waals surface area contributed by atoms with E-state index in [0.717, 1.165) is 18.4 Å². The number of hydrogen-bond donors (Lipinski definition) is 1. The van der Waals surface area contributed by atoms with E-state index >= 15 is 0 Å². The highest BCUT2D eigenvalue weighted by atomic mass is 16.6. The van der Waals surface area contributed by atoms with Gasteiger partial charge in [0.15, 0.2) is 0 Å². The van der Waals surface area contributed by atoms with Gasteiger partial charge in [0.25, 0.3) is 0 Å². The van der Waals surface area contributed by atoms with Gasteiger partial charge in [-0.05, 0) is 36.7 Å². The average Bonchev–Trinajstić information content (AvgIpc) is 3.24. The molecule has 112 valence electrons. The normalized spacial score (nSPS) is 24.9. The second-order valence-electron chi connectivity index (χ2n) is 5.88. The van der Waals surface area contributed by atoms with Gasteiger partial charge in [0.05, 0.1) is 0 Å². The van der Waals surface area contributed by atoms with Crippen molar-refractivity contribution in [1.29, 1.82) is 0 Å². The first-order valence-electron chi connectivity index (χ1n) is 7.35. The van der Waals surface area contributed by atoms with E-state index in [4.69, 9.17) is 4.74 Å². The molecule has 5 heteroatoms. The van der Waals surface area contributed by atoms with Crippen LogP contribution in [0.5, 0.6) is 0 Å². The zero-order valence-electron chi connectivity index (χ0n) is 11.8. The van der Waals surface area contributed by atoms with Crippen LogP contribution in [0.4, 0.5) is 4.79 Å². The van der Waals surface area contributed by atoms with E-state index in [1.807, 2.05) is 30.3 Å². The van der Waals surface area contributed by atoms with Crippen LogP contribution in [0.1, 0.15) is 24.8 Å². The molecule has 1 amide bonds. The zero-order valence-corrected chi connectivity index (χ0v) is 11.8. The highest BCUT2D eigenvalue weighted by molar-refractivity contribution is 5.80. The van der Waals surface area contributed by atoms with Crippen molar-refractivity contribution in [2.24, 2.45) is 11.8 Å². The van der Waals surface area contributed by atoms with Crippen LogP contribution in [0.3, 0.4) is 0 Å². The molecule has 21 heavy (non-hydrogen) atoms. The molecule has 1 aromatic rings. The lowest BCUT2D eigenvalue weighted by Crippen LogP contribution is -2.40. The van der Waals surface area contributed by atoms with Crippen molar-refractivity contribution < 1.29 is 19.4 Å². The number of carboxylic acid groups (broad SMARTS) is 1. The number of rotatable bonds is 4. The van der Waals surface area contributed by atoms with Crippen molar-refractivity contribution in [2.75, 3.05) is 6.54 Å². The molecule has 3 rings (SSSR count). The molecule has 1 saturated heterocycles. The first-order valence-corrected chi connectivity index (χ1v) is 7.35. The van der Waals surface area contributed by atoms with E-state index in [1.165, 1.54) is 4.90 Å². The van der Waals surface area contributed by atoms with Gasteiger partial charge in [0.1, 0.15) is 12.6 Å². The number of amides is 1. The minimum absolute atomic E-state index is 0.177. The van der Waals surface area contributed by atoms with Gasteiger partial charge in [0.2, 0.25) is 0 Å². The van der Waals surface area contributed by atoms with Crippen LogP contribution in [0.2, 0.25) is 0 Å². The summed E-state index contributed by atoms with van der Waals surface area (Å²) in [6, 6.07) is 8.66. The molecule has 2 atom stereocenters. The lowest BCUT2D eigenvalue weighted by atomic mass is 10.0. The summed E-state index contributed by atoms with van der Waals surface area (Å²) >= 11 is 0. The largest absolute Gasteiger partial charge is 0.480 e. The quantitative estimate of drug-likeness (QED) is 0.924. The summed E-state index contributed by atoms with van der Waals surface area (Å²) in [5.41, 5.74) is 0.899. The summed E-state index contributed by atoms with van der Waals surface area (Å²) in [6.45, 7) is 0.686. The van der Waals surface area contributed by atoms with Crippen LogP contribution in [0, 0.1) is 11.8 Å². The third kappa shape index (κ3) is 3.17. The minimum Gasteiger partial charge on any atom is -0.480 e. The molecule has 0 bridgehead atoms. The molecule has 0 aromatic heterocycles. The highest BCUT2D eigenvalue weighted by Gasteiger charge is 2.45. The van der Waals surface area contributed by atoms with Crippen LogP contribution in [0.15, 0.2) is 30.3 Å². The Morgan fingerprint density at radius 1 is 1.19 bits per heavy atom. The summed E-state index contributed by atoms with van der Waals surface area (Å²) < 4.78 is 5.26. The number of nitrogens with zero attached hydrogens (tertiary/aromatic N) is 1. The van der Waals surface area contributed by atoms with Crippen LogP contribution >= 0.6 is 0 Å². The lowest BCUT2D eigenvalue weighted by Gasteiger charge is -2.20. The minimum atomic E-state index is -0.935. The molecular formula is C16H19NO4. The fraction of sp³-hybridized carbons (Fsp3) is 0.500. The Balaban J connectivity index is 1.60. The topological polar surface area (TPSA) is 66.8 Å². The predicted molar refractivity (Wildman–Crippen MR) is 75.6 cm³/mol. The summed E-state index contributed by atoms with van der Waals surface area (Å²) in [6.07, 6.45) is 2.35. The summed E-state index contributed by atoms with van der Waals surface area (Å²) in [4.78, 5) is 24.9. The Bertz CT molecular complexity index is 526. The fourth-order valence-corrected chi connectivity index (χ4v) is 3.02. The Hall–Kier alpha value is -2.04. The smallest absolute Gasteiger partial charge is 0.410 e. The number of hydrogen-bond acceptors (Lipinski definition) is 3. The van der Waals surface area contributed by atoms with Crippen LogP contribution in [-0.4, -0.2) is 34.7 Å². The number of benzene rings is 1. The Morgan fingerprint density at radius 2 is 1.90 bits per heavy atom. The van der Waals surface area contributed by atoms with E-state index in [1.54, 1.807) is 0 Å². The van der Waals surface area contributed by atoms with Crippen molar-refractivity contribution in [1.82, 2.24) is 4.90 Å². The average molecular weight is 289 g/mol. The number of carbonyl (C=O) groups is 2. The molecule has 0 radical (unpaired) electrons. The second kappa shape index (κ2) is 5.76. The maximum atomic E-state index is 12.2. The molecule has 1 unspecified atom stereocenters. The van der Waals surface area contributed by atoms with E-state index in [9.17, 15) is 14.7 Å². The molecule has 2 aliphatic rings. The highest BCUT2D eigenvalue weighted by Crippen LogP contribution is 2.43. The van der Waals surface area contributed by atoms with Gasteiger partial charge in [-0.2, -0.15) is 0 Å². The second-order valence-corrected chi connectivity index (χ2v) is 5.88. The maximum Gasteiger partial charge on any atom is 0.410 e. The van der Waals surface area contributed by atoms with Crippen LogP contribution < -0.4 is 0 Å². The summed E-state index contributed by atoms with van der Waals surface area (Å²) in [5, 5.41) is 9.29. The number of ether oxygens (including phenoxy) is 1. The monoisotopic (exact) mass is 289 g/mol. The first kappa shape index (κ1) is 13.9. The van der Waals surface area contributed by atoms with Crippen molar-refractivity contribution >= 4 is 12.1 Å². The van der Waals surface area contributed by atoms with Gasteiger partial charge in [0, 0.05) is 6.54 Å². The van der Waals surface area contributed by atoms with E-state index in [2.05, 4.69) is 0 Å². The molecule has 1 aliphatic heterocycles. The van der Waals surface area contributed by atoms with E-state index in [0.29, 0.717) is 24.8 Å². The first-order chi connectivity index (χ1) is 10.1. The Labute approximate surface area is 123 Å².